The Bertz CT molecular complexity index is 1110. The average Bonchev–Trinajstić information content (AvgIpc) is 2.66. The maximum atomic E-state index is 12.9. The van der Waals surface area contributed by atoms with Crippen molar-refractivity contribution in [1.82, 2.24) is 14.5 Å². The van der Waals surface area contributed by atoms with E-state index >= 15 is 0 Å². The summed E-state index contributed by atoms with van der Waals surface area (Å²) in [5.41, 5.74) is 5.18. The Balaban J connectivity index is 1.63. The van der Waals surface area contributed by atoms with Crippen LogP contribution in [-0.4, -0.2) is 20.4 Å². The van der Waals surface area contributed by atoms with Gasteiger partial charge in [0, 0.05) is 11.4 Å². The number of aryl methyl sites for hydroxylation is 3. The minimum absolute atomic E-state index is 0.0803. The highest BCUT2D eigenvalue weighted by atomic mass is 16.2. The van der Waals surface area contributed by atoms with E-state index < -0.39 is 0 Å². The van der Waals surface area contributed by atoms with E-state index in [1.807, 2.05) is 38.1 Å². The van der Waals surface area contributed by atoms with Gasteiger partial charge in [-0.3, -0.25) is 14.2 Å². The second-order valence-electron chi connectivity index (χ2n) is 7.81. The summed E-state index contributed by atoms with van der Waals surface area (Å²) in [5, 5.41) is 3.40. The normalized spacial score (nSPS) is 16.0. The number of amides is 1. The summed E-state index contributed by atoms with van der Waals surface area (Å²) in [7, 11) is 0. The van der Waals surface area contributed by atoms with Gasteiger partial charge in [-0.1, -0.05) is 25.1 Å². The Labute approximate surface area is 163 Å². The van der Waals surface area contributed by atoms with E-state index in [1.165, 1.54) is 10.9 Å². The highest BCUT2D eigenvalue weighted by Gasteiger charge is 2.19. The van der Waals surface area contributed by atoms with Gasteiger partial charge in [0.2, 0.25) is 5.91 Å². The number of pyridine rings is 1. The molecular formula is C22H24N4O2. The van der Waals surface area contributed by atoms with E-state index in [0.29, 0.717) is 17.0 Å². The van der Waals surface area contributed by atoms with Gasteiger partial charge in [-0.15, -0.1) is 0 Å². The van der Waals surface area contributed by atoms with Gasteiger partial charge < -0.3 is 5.32 Å². The van der Waals surface area contributed by atoms with Crippen LogP contribution in [-0.2, 0) is 24.2 Å². The smallest absolute Gasteiger partial charge is 0.263 e. The molecule has 0 fully saturated rings. The SMILES string of the molecule is Cc1cccc(C)c1NC(=O)Cn1cnc2nc3c(cc2c1=O)C[C@H](C)CC3. The molecule has 1 aliphatic rings. The molecule has 0 spiro atoms. The van der Waals surface area contributed by atoms with Crippen LogP contribution < -0.4 is 10.9 Å². The fourth-order valence-corrected chi connectivity index (χ4v) is 3.88. The Hall–Kier alpha value is -3.02. The number of hydrogen-bond donors (Lipinski definition) is 1. The maximum Gasteiger partial charge on any atom is 0.263 e. The van der Waals surface area contributed by atoms with Crippen LogP contribution >= 0.6 is 0 Å². The quantitative estimate of drug-likeness (QED) is 0.762. The summed E-state index contributed by atoms with van der Waals surface area (Å²) in [6.07, 6.45) is 4.38. The number of para-hydroxylation sites is 1. The van der Waals surface area contributed by atoms with Crippen LogP contribution in [0.1, 0.15) is 35.7 Å². The molecule has 0 unspecified atom stereocenters. The maximum absolute atomic E-state index is 12.9. The Kier molecular flexibility index (Phi) is 4.71. The van der Waals surface area contributed by atoms with Crippen LogP contribution in [0.5, 0.6) is 0 Å². The molecular weight excluding hydrogens is 352 g/mol. The molecule has 144 valence electrons. The van der Waals surface area contributed by atoms with E-state index in [9.17, 15) is 9.59 Å². The van der Waals surface area contributed by atoms with Crippen molar-refractivity contribution in [2.45, 2.75) is 46.6 Å². The fourth-order valence-electron chi connectivity index (χ4n) is 3.88. The Morgan fingerprint density at radius 3 is 2.79 bits per heavy atom. The van der Waals surface area contributed by atoms with Crippen molar-refractivity contribution in [2.75, 3.05) is 5.32 Å². The third kappa shape index (κ3) is 3.42. The summed E-state index contributed by atoms with van der Waals surface area (Å²) >= 11 is 0. The Morgan fingerprint density at radius 2 is 2.04 bits per heavy atom. The molecule has 1 atom stereocenters. The number of nitrogens with one attached hydrogen (secondary N) is 1. The lowest BCUT2D eigenvalue weighted by atomic mass is 9.87. The van der Waals surface area contributed by atoms with E-state index in [4.69, 9.17) is 0 Å². The lowest BCUT2D eigenvalue weighted by Crippen LogP contribution is -2.29. The zero-order valence-corrected chi connectivity index (χ0v) is 16.5. The number of fused-ring (bicyclic) bond motifs is 2. The van der Waals surface area contributed by atoms with Crippen molar-refractivity contribution in [3.8, 4) is 0 Å². The van der Waals surface area contributed by atoms with E-state index in [1.54, 1.807) is 0 Å². The van der Waals surface area contributed by atoms with Crippen LogP contribution in [0.15, 0.2) is 35.4 Å². The van der Waals surface area contributed by atoms with Crippen LogP contribution in [0.25, 0.3) is 11.0 Å². The predicted octanol–water partition coefficient (Wildman–Crippen LogP) is 3.17. The number of hydrogen-bond acceptors (Lipinski definition) is 4. The molecule has 1 amide bonds. The molecule has 1 N–H and O–H groups in total. The number of carbonyl (C=O) groups excluding carboxylic acids is 1. The molecule has 0 aliphatic heterocycles. The molecule has 0 bridgehead atoms. The van der Waals surface area contributed by atoms with E-state index in [-0.39, 0.29) is 18.0 Å². The van der Waals surface area contributed by atoms with Crippen LogP contribution in [0.3, 0.4) is 0 Å². The third-order valence-electron chi connectivity index (χ3n) is 5.48. The molecule has 6 nitrogen and oxygen atoms in total. The molecule has 6 heteroatoms. The summed E-state index contributed by atoms with van der Waals surface area (Å²) in [6, 6.07) is 7.76. The second-order valence-corrected chi connectivity index (χ2v) is 7.81. The van der Waals surface area contributed by atoms with E-state index in [0.717, 1.165) is 47.3 Å². The van der Waals surface area contributed by atoms with Crippen molar-refractivity contribution >= 4 is 22.6 Å². The van der Waals surface area contributed by atoms with Gasteiger partial charge in [-0.05, 0) is 61.8 Å². The number of rotatable bonds is 3. The van der Waals surface area contributed by atoms with Gasteiger partial charge in [0.15, 0.2) is 5.65 Å². The first-order chi connectivity index (χ1) is 13.4. The molecule has 0 saturated carbocycles. The minimum atomic E-state index is -0.250. The lowest BCUT2D eigenvalue weighted by molar-refractivity contribution is -0.116. The Morgan fingerprint density at radius 1 is 1.29 bits per heavy atom. The molecule has 2 heterocycles. The van der Waals surface area contributed by atoms with Gasteiger partial charge in [0.05, 0.1) is 5.39 Å². The molecule has 0 saturated heterocycles. The zero-order chi connectivity index (χ0) is 19.8. The first-order valence-corrected chi connectivity index (χ1v) is 9.66. The van der Waals surface area contributed by atoms with Gasteiger partial charge in [0.25, 0.3) is 5.56 Å². The second kappa shape index (κ2) is 7.19. The number of benzene rings is 1. The molecule has 28 heavy (non-hydrogen) atoms. The predicted molar refractivity (Wildman–Crippen MR) is 110 cm³/mol. The largest absolute Gasteiger partial charge is 0.324 e. The summed E-state index contributed by atoms with van der Waals surface area (Å²) in [5.74, 6) is 0.342. The van der Waals surface area contributed by atoms with Gasteiger partial charge >= 0.3 is 0 Å². The van der Waals surface area contributed by atoms with Crippen molar-refractivity contribution < 1.29 is 4.79 Å². The van der Waals surface area contributed by atoms with Crippen molar-refractivity contribution in [3.63, 3.8) is 0 Å². The summed E-state index contributed by atoms with van der Waals surface area (Å²) in [6.45, 7) is 6.03. The van der Waals surface area contributed by atoms with Crippen LogP contribution in [0.2, 0.25) is 0 Å². The van der Waals surface area contributed by atoms with Crippen molar-refractivity contribution in [2.24, 2.45) is 5.92 Å². The van der Waals surface area contributed by atoms with E-state index in [2.05, 4.69) is 22.2 Å². The number of anilines is 1. The standard InChI is InChI=1S/C22H24N4O2/c1-13-7-8-18-16(9-13)10-17-21(24-18)23-12-26(22(17)28)11-19(27)25-20-14(2)5-4-6-15(20)3/h4-6,10,12-13H,7-9,11H2,1-3H3,(H,25,27)/t13-/m1/s1. The molecule has 1 aliphatic carbocycles. The lowest BCUT2D eigenvalue weighted by Gasteiger charge is -2.20. The molecule has 0 radical (unpaired) electrons. The highest BCUT2D eigenvalue weighted by Crippen LogP contribution is 2.25. The highest BCUT2D eigenvalue weighted by molar-refractivity contribution is 5.92. The minimum Gasteiger partial charge on any atom is -0.324 e. The molecule has 4 rings (SSSR count). The zero-order valence-electron chi connectivity index (χ0n) is 16.5. The van der Waals surface area contributed by atoms with Crippen LogP contribution in [0, 0.1) is 19.8 Å². The van der Waals surface area contributed by atoms with Gasteiger partial charge in [-0.2, -0.15) is 0 Å². The fraction of sp³-hybridized carbons (Fsp3) is 0.364. The topological polar surface area (TPSA) is 76.9 Å². The summed E-state index contributed by atoms with van der Waals surface area (Å²) in [4.78, 5) is 34.4. The first kappa shape index (κ1) is 18.3. The first-order valence-electron chi connectivity index (χ1n) is 9.66. The summed E-state index contributed by atoms with van der Waals surface area (Å²) < 4.78 is 1.35. The van der Waals surface area contributed by atoms with Crippen molar-refractivity contribution in [1.29, 1.82) is 0 Å². The molecule has 3 aromatic rings. The number of aromatic nitrogens is 3. The van der Waals surface area contributed by atoms with Gasteiger partial charge in [0.1, 0.15) is 12.9 Å². The molecule has 1 aromatic carbocycles. The van der Waals surface area contributed by atoms with Crippen LogP contribution in [0.4, 0.5) is 5.69 Å². The average molecular weight is 376 g/mol. The van der Waals surface area contributed by atoms with Gasteiger partial charge in [-0.25, -0.2) is 9.97 Å². The molecule has 2 aromatic heterocycles. The monoisotopic (exact) mass is 376 g/mol. The number of nitrogens with zero attached hydrogens (tertiary/aromatic N) is 3. The third-order valence-corrected chi connectivity index (χ3v) is 5.48. The van der Waals surface area contributed by atoms with Crippen molar-refractivity contribution in [3.05, 3.63) is 63.3 Å². The number of carbonyl (C=O) groups is 1.